The first-order valence-electron chi connectivity index (χ1n) is 14.9. The zero-order valence-electron chi connectivity index (χ0n) is 26.2. The number of fused-ring (bicyclic) bond motifs is 8. The van der Waals surface area contributed by atoms with Crippen LogP contribution in [0.15, 0.2) is 146 Å². The Kier molecular flexibility index (Phi) is 15.1. The largest absolute Gasteiger partial charge is 0.394 e. The van der Waals surface area contributed by atoms with Gasteiger partial charge in [0.2, 0.25) is 0 Å². The molecule has 0 amide bonds. The van der Waals surface area contributed by atoms with Gasteiger partial charge in [0.25, 0.3) is 0 Å². The van der Waals surface area contributed by atoms with Gasteiger partial charge in [-0.25, -0.2) is 9.97 Å². The standard InChI is InChI=1S/C20H14N4.4C5H4N.Co/c1-2-14-10-16-5-6-18(23-16)12-20-8-7-19(24-20)11-17-4-3-15(22-17)9-13(1)21-14;4*1-2-4-6-5-3-1;/h1-12,21-22H;4*1-4H;/q;4*-1;. The molecule has 0 saturated heterocycles. The quantitative estimate of drug-likeness (QED) is 0.156. The maximum Gasteiger partial charge on any atom is 0.0659 e. The van der Waals surface area contributed by atoms with Crippen LogP contribution in [0.2, 0.25) is 0 Å². The molecule has 7 aromatic heterocycles. The van der Waals surface area contributed by atoms with Crippen molar-refractivity contribution in [2.24, 2.45) is 0 Å². The second-order valence-electron chi connectivity index (χ2n) is 9.74. The first-order valence-corrected chi connectivity index (χ1v) is 14.9. The van der Waals surface area contributed by atoms with E-state index < -0.39 is 0 Å². The number of pyridine rings is 4. The van der Waals surface area contributed by atoms with Crippen LogP contribution in [0.3, 0.4) is 0 Å². The molecule has 9 heteroatoms. The molecule has 0 aromatic carbocycles. The number of H-pyrrole nitrogens is 2. The third kappa shape index (κ3) is 13.5. The van der Waals surface area contributed by atoms with Crippen molar-refractivity contribution in [2.45, 2.75) is 0 Å². The molecule has 1 radical (unpaired) electrons. The van der Waals surface area contributed by atoms with Gasteiger partial charge in [-0.2, -0.15) is 72.8 Å². The van der Waals surface area contributed by atoms with E-state index in [1.165, 1.54) is 0 Å². The van der Waals surface area contributed by atoms with Crippen molar-refractivity contribution in [1.29, 1.82) is 0 Å². The molecule has 9 rings (SSSR count). The van der Waals surface area contributed by atoms with Crippen LogP contribution < -0.4 is 0 Å². The van der Waals surface area contributed by atoms with Crippen LogP contribution in [-0.4, -0.2) is 39.9 Å². The molecule has 2 aliphatic heterocycles. The summed E-state index contributed by atoms with van der Waals surface area (Å²) in [6.45, 7) is 0. The summed E-state index contributed by atoms with van der Waals surface area (Å²) in [4.78, 5) is 30.7. The minimum Gasteiger partial charge on any atom is -0.394 e. The summed E-state index contributed by atoms with van der Waals surface area (Å²) in [5, 5.41) is 0. The number of nitrogens with one attached hydrogen (secondary N) is 2. The molecule has 2 N–H and O–H groups in total. The minimum absolute atomic E-state index is 0. The Morgan fingerprint density at radius 1 is 0.367 bits per heavy atom. The second-order valence-corrected chi connectivity index (χ2v) is 9.74. The molecule has 2 aliphatic rings. The number of aromatic nitrogens is 8. The molecule has 9 heterocycles. The van der Waals surface area contributed by atoms with E-state index in [1.807, 2.05) is 91.0 Å². The Morgan fingerprint density at radius 3 is 0.918 bits per heavy atom. The summed E-state index contributed by atoms with van der Waals surface area (Å²) >= 11 is 0. The van der Waals surface area contributed by atoms with E-state index in [9.17, 15) is 0 Å². The first-order chi connectivity index (χ1) is 23.8. The van der Waals surface area contributed by atoms with Gasteiger partial charge in [0.1, 0.15) is 0 Å². The van der Waals surface area contributed by atoms with Crippen LogP contribution in [0.5, 0.6) is 0 Å². The van der Waals surface area contributed by atoms with Gasteiger partial charge in [0.05, 0.1) is 22.8 Å². The Balaban J connectivity index is 0.000000175. The van der Waals surface area contributed by atoms with E-state index >= 15 is 0 Å². The van der Waals surface area contributed by atoms with E-state index in [1.54, 1.807) is 49.1 Å². The molecular formula is C40H30CoN8-4. The van der Waals surface area contributed by atoms with Crippen LogP contribution in [0.1, 0.15) is 22.8 Å². The minimum atomic E-state index is 0. The van der Waals surface area contributed by atoms with E-state index in [0.29, 0.717) is 0 Å². The summed E-state index contributed by atoms with van der Waals surface area (Å²) in [6.07, 6.45) is 25.4. The molecule has 0 atom stereocenters. The van der Waals surface area contributed by atoms with Crippen LogP contribution in [0.25, 0.3) is 46.4 Å². The van der Waals surface area contributed by atoms with Crippen molar-refractivity contribution < 1.29 is 16.8 Å². The zero-order chi connectivity index (χ0) is 32.9. The maximum atomic E-state index is 4.62. The average molecular weight is 682 g/mol. The number of hydrogen-bond acceptors (Lipinski definition) is 6. The molecule has 0 aliphatic carbocycles. The van der Waals surface area contributed by atoms with Gasteiger partial charge in [0.15, 0.2) is 0 Å². The maximum absolute atomic E-state index is 4.62. The molecule has 0 saturated carbocycles. The Hall–Kier alpha value is -6.29. The molecule has 7 aromatic rings. The van der Waals surface area contributed by atoms with Gasteiger partial charge in [-0.1, -0.05) is 49.6 Å². The van der Waals surface area contributed by atoms with Gasteiger partial charge in [-0.15, -0.1) is 0 Å². The zero-order valence-corrected chi connectivity index (χ0v) is 27.2. The predicted molar refractivity (Wildman–Crippen MR) is 191 cm³/mol. The van der Waals surface area contributed by atoms with E-state index in [2.05, 4.69) is 95.0 Å². The topological polar surface area (TPSA) is 109 Å². The number of hydrogen-bond donors (Lipinski definition) is 2. The summed E-state index contributed by atoms with van der Waals surface area (Å²) in [6, 6.07) is 38.4. The van der Waals surface area contributed by atoms with Crippen LogP contribution >= 0.6 is 0 Å². The fourth-order valence-corrected chi connectivity index (χ4v) is 4.05. The van der Waals surface area contributed by atoms with Crippen molar-refractivity contribution in [3.05, 3.63) is 194 Å². The van der Waals surface area contributed by atoms with Gasteiger partial charge in [0, 0.05) is 38.8 Å². The molecule has 0 spiro atoms. The number of aromatic amines is 2. The smallest absolute Gasteiger partial charge is 0.0659 e. The Labute approximate surface area is 295 Å². The number of rotatable bonds is 0. The van der Waals surface area contributed by atoms with Crippen LogP contribution in [-0.2, 0) is 16.8 Å². The fourth-order valence-electron chi connectivity index (χ4n) is 4.05. The summed E-state index contributed by atoms with van der Waals surface area (Å²) in [5.41, 5.74) is 7.86. The van der Waals surface area contributed by atoms with E-state index in [-0.39, 0.29) is 16.8 Å². The molecule has 8 bridgehead atoms. The van der Waals surface area contributed by atoms with Crippen molar-refractivity contribution in [1.82, 2.24) is 39.9 Å². The Morgan fingerprint density at radius 2 is 0.673 bits per heavy atom. The molecule has 243 valence electrons. The van der Waals surface area contributed by atoms with Crippen LogP contribution in [0, 0.1) is 24.8 Å². The van der Waals surface area contributed by atoms with Gasteiger partial charge in [-0.05, 0) is 72.8 Å². The monoisotopic (exact) mass is 681 g/mol. The SMILES string of the molecule is C1=Cc2cc3ccc(cc4ccc(cc5nc(cc1n2)C=C5)[nH]4)[nH]3.[Co].[c-]1ccccn1.[c-]1ccccn1.[c-]1ccccn1.[c-]1ccccn1. The van der Waals surface area contributed by atoms with E-state index in [0.717, 1.165) is 44.8 Å². The normalized spacial score (nSPS) is 10.1. The van der Waals surface area contributed by atoms with Crippen molar-refractivity contribution in [3.63, 3.8) is 0 Å². The van der Waals surface area contributed by atoms with E-state index in [4.69, 9.17) is 0 Å². The van der Waals surface area contributed by atoms with Crippen molar-refractivity contribution in [2.75, 3.05) is 0 Å². The van der Waals surface area contributed by atoms with Crippen molar-refractivity contribution >= 4 is 46.4 Å². The summed E-state index contributed by atoms with van der Waals surface area (Å²) < 4.78 is 0. The second kappa shape index (κ2) is 20.8. The van der Waals surface area contributed by atoms with Crippen molar-refractivity contribution in [3.8, 4) is 0 Å². The molecule has 0 unspecified atom stereocenters. The predicted octanol–water partition coefficient (Wildman–Crippen LogP) is 8.18. The first kappa shape index (κ1) is 35.6. The third-order valence-corrected chi connectivity index (χ3v) is 6.11. The average Bonchev–Trinajstić information content (AvgIpc) is 4.00. The summed E-state index contributed by atoms with van der Waals surface area (Å²) in [5.74, 6) is 0. The molecule has 8 nitrogen and oxygen atoms in total. The summed E-state index contributed by atoms with van der Waals surface area (Å²) in [7, 11) is 0. The van der Waals surface area contributed by atoms with Gasteiger partial charge >= 0.3 is 0 Å². The Bertz CT molecular complexity index is 1810. The fraction of sp³-hybridized carbons (Fsp3) is 0. The molecule has 49 heavy (non-hydrogen) atoms. The molecule has 0 fully saturated rings. The van der Waals surface area contributed by atoms with Gasteiger partial charge < -0.3 is 29.9 Å². The van der Waals surface area contributed by atoms with Gasteiger partial charge in [-0.3, -0.25) is 0 Å². The van der Waals surface area contributed by atoms with Crippen LogP contribution in [0.4, 0.5) is 0 Å². The molecular weight excluding hydrogens is 651 g/mol. The third-order valence-electron chi connectivity index (χ3n) is 6.11. The number of nitrogens with zero attached hydrogens (tertiary/aromatic N) is 6.